The van der Waals surface area contributed by atoms with Crippen LogP contribution in [0.5, 0.6) is 0 Å². The van der Waals surface area contributed by atoms with E-state index in [-0.39, 0.29) is 17.6 Å². The summed E-state index contributed by atoms with van der Waals surface area (Å²) in [5.74, 6) is 0.399. The fraction of sp³-hybridized carbons (Fsp3) is 0.200. The van der Waals surface area contributed by atoms with Gasteiger partial charge in [0.25, 0.3) is 5.91 Å². The van der Waals surface area contributed by atoms with Gasteiger partial charge in [0.1, 0.15) is 11.6 Å². The van der Waals surface area contributed by atoms with Crippen LogP contribution in [0.25, 0.3) is 11.5 Å². The summed E-state index contributed by atoms with van der Waals surface area (Å²) in [5, 5.41) is 2.88. The van der Waals surface area contributed by atoms with Crippen molar-refractivity contribution < 1.29 is 13.6 Å². The number of benzene rings is 2. The van der Waals surface area contributed by atoms with Crippen molar-refractivity contribution >= 4 is 5.91 Å². The van der Waals surface area contributed by atoms with Gasteiger partial charge in [-0.1, -0.05) is 30.3 Å². The second kappa shape index (κ2) is 7.30. The van der Waals surface area contributed by atoms with E-state index in [0.29, 0.717) is 35.5 Å². The fourth-order valence-electron chi connectivity index (χ4n) is 2.63. The molecule has 2 aromatic carbocycles. The molecule has 128 valence electrons. The minimum Gasteiger partial charge on any atom is -0.441 e. The third kappa shape index (κ3) is 3.76. The number of nitrogens with zero attached hydrogens (tertiary/aromatic N) is 1. The lowest BCUT2D eigenvalue weighted by Crippen LogP contribution is -2.26. The lowest BCUT2D eigenvalue weighted by atomic mass is 10.1. The first-order valence-electron chi connectivity index (χ1n) is 8.11. The van der Waals surface area contributed by atoms with Gasteiger partial charge in [-0.2, -0.15) is 0 Å². The summed E-state index contributed by atoms with van der Waals surface area (Å²) in [5.41, 5.74) is 2.63. The number of hydrogen-bond donors (Lipinski definition) is 1. The summed E-state index contributed by atoms with van der Waals surface area (Å²) in [6.07, 6.45) is 0.515. The summed E-state index contributed by atoms with van der Waals surface area (Å²) in [7, 11) is 0. The number of carbonyl (C=O) groups excluding carboxylic acids is 1. The van der Waals surface area contributed by atoms with Gasteiger partial charge >= 0.3 is 0 Å². The normalized spacial score (nSPS) is 10.7. The van der Waals surface area contributed by atoms with Crippen LogP contribution in [0.3, 0.4) is 0 Å². The monoisotopic (exact) mass is 338 g/mol. The van der Waals surface area contributed by atoms with Crippen LogP contribution < -0.4 is 5.32 Å². The maximum atomic E-state index is 13.8. The number of rotatable bonds is 5. The van der Waals surface area contributed by atoms with Crippen molar-refractivity contribution in [2.45, 2.75) is 20.3 Å². The Kier molecular flexibility index (Phi) is 4.93. The second-order valence-electron chi connectivity index (χ2n) is 5.82. The first-order valence-corrected chi connectivity index (χ1v) is 8.11. The summed E-state index contributed by atoms with van der Waals surface area (Å²) < 4.78 is 19.4. The van der Waals surface area contributed by atoms with Crippen LogP contribution >= 0.6 is 0 Å². The zero-order chi connectivity index (χ0) is 17.8. The summed E-state index contributed by atoms with van der Waals surface area (Å²) in [4.78, 5) is 16.6. The van der Waals surface area contributed by atoms with Gasteiger partial charge in [-0.05, 0) is 37.6 Å². The molecule has 0 fully saturated rings. The molecule has 1 N–H and O–H groups in total. The molecule has 0 saturated carbocycles. The molecule has 0 spiro atoms. The van der Waals surface area contributed by atoms with Crippen molar-refractivity contribution in [3.63, 3.8) is 0 Å². The minimum atomic E-state index is -0.372. The van der Waals surface area contributed by atoms with E-state index in [1.165, 1.54) is 6.07 Å². The number of oxazole rings is 1. The van der Waals surface area contributed by atoms with E-state index in [0.717, 1.165) is 5.56 Å². The highest BCUT2D eigenvalue weighted by Gasteiger charge is 2.15. The maximum absolute atomic E-state index is 13.8. The number of amides is 1. The molecule has 0 unspecified atom stereocenters. The third-order valence-corrected chi connectivity index (χ3v) is 4.03. The van der Waals surface area contributed by atoms with E-state index in [2.05, 4.69) is 10.3 Å². The maximum Gasteiger partial charge on any atom is 0.251 e. The molecule has 3 rings (SSSR count). The molecule has 0 aliphatic rings. The highest BCUT2D eigenvalue weighted by molar-refractivity contribution is 5.95. The Morgan fingerprint density at radius 3 is 2.60 bits per heavy atom. The Labute approximate surface area is 145 Å². The molecule has 0 bridgehead atoms. The van der Waals surface area contributed by atoms with Crippen LogP contribution in [0.4, 0.5) is 4.39 Å². The third-order valence-electron chi connectivity index (χ3n) is 4.03. The lowest BCUT2D eigenvalue weighted by molar-refractivity contribution is 0.0953. The Balaban J connectivity index is 1.66. The van der Waals surface area contributed by atoms with Gasteiger partial charge in [-0.15, -0.1) is 0 Å². The molecule has 1 heterocycles. The van der Waals surface area contributed by atoms with Gasteiger partial charge in [-0.25, -0.2) is 9.37 Å². The van der Waals surface area contributed by atoms with E-state index in [1.807, 2.05) is 25.1 Å². The fourth-order valence-corrected chi connectivity index (χ4v) is 2.63. The van der Waals surface area contributed by atoms with E-state index in [9.17, 15) is 9.18 Å². The van der Waals surface area contributed by atoms with Crippen LogP contribution in [-0.4, -0.2) is 17.4 Å². The van der Waals surface area contributed by atoms with Gasteiger partial charge in [-0.3, -0.25) is 4.79 Å². The van der Waals surface area contributed by atoms with E-state index >= 15 is 0 Å². The molecular weight excluding hydrogens is 319 g/mol. The molecule has 1 aromatic heterocycles. The Morgan fingerprint density at radius 2 is 1.84 bits per heavy atom. The average molecular weight is 338 g/mol. The smallest absolute Gasteiger partial charge is 0.251 e. The van der Waals surface area contributed by atoms with Crippen LogP contribution in [0, 0.1) is 19.7 Å². The van der Waals surface area contributed by atoms with Crippen molar-refractivity contribution in [2.24, 2.45) is 0 Å². The molecule has 0 atom stereocenters. The standard InChI is InChI=1S/C20H19FN2O2/c1-13-7-3-4-8-15(13)19(24)22-12-11-18-14(2)25-20(23-18)16-9-5-6-10-17(16)21/h3-10H,11-12H2,1-2H3,(H,22,24). The second-order valence-corrected chi connectivity index (χ2v) is 5.82. The van der Waals surface area contributed by atoms with Gasteiger partial charge < -0.3 is 9.73 Å². The van der Waals surface area contributed by atoms with Crippen LogP contribution in [0.15, 0.2) is 52.9 Å². The Morgan fingerprint density at radius 1 is 1.12 bits per heavy atom. The summed E-state index contributed by atoms with van der Waals surface area (Å²) in [6, 6.07) is 13.8. The minimum absolute atomic E-state index is 0.117. The molecule has 4 nitrogen and oxygen atoms in total. The predicted octanol–water partition coefficient (Wildman–Crippen LogP) is 4.07. The number of halogens is 1. The average Bonchev–Trinajstić information content (AvgIpc) is 2.96. The number of hydrogen-bond acceptors (Lipinski definition) is 3. The molecule has 0 saturated heterocycles. The summed E-state index contributed by atoms with van der Waals surface area (Å²) >= 11 is 0. The quantitative estimate of drug-likeness (QED) is 0.763. The first-order chi connectivity index (χ1) is 12.1. The Bertz CT molecular complexity index is 902. The van der Waals surface area contributed by atoms with Crippen molar-refractivity contribution in [3.8, 4) is 11.5 Å². The van der Waals surface area contributed by atoms with Crippen molar-refractivity contribution in [2.75, 3.05) is 6.54 Å². The van der Waals surface area contributed by atoms with E-state index in [4.69, 9.17) is 4.42 Å². The number of nitrogens with one attached hydrogen (secondary N) is 1. The van der Waals surface area contributed by atoms with Crippen LogP contribution in [0.1, 0.15) is 27.4 Å². The molecule has 25 heavy (non-hydrogen) atoms. The number of aryl methyl sites for hydroxylation is 2. The first kappa shape index (κ1) is 16.9. The largest absolute Gasteiger partial charge is 0.441 e. The number of aromatic nitrogens is 1. The predicted molar refractivity (Wildman–Crippen MR) is 93.9 cm³/mol. The van der Waals surface area contributed by atoms with Crippen molar-refractivity contribution in [1.82, 2.24) is 10.3 Å². The molecular formula is C20H19FN2O2. The highest BCUT2D eigenvalue weighted by atomic mass is 19.1. The zero-order valence-electron chi connectivity index (χ0n) is 14.2. The lowest BCUT2D eigenvalue weighted by Gasteiger charge is -2.06. The van der Waals surface area contributed by atoms with Gasteiger partial charge in [0, 0.05) is 18.5 Å². The molecule has 5 heteroatoms. The molecule has 1 amide bonds. The zero-order valence-corrected chi connectivity index (χ0v) is 14.2. The topological polar surface area (TPSA) is 55.1 Å². The Hall–Kier alpha value is -2.95. The van der Waals surface area contributed by atoms with Gasteiger partial charge in [0.15, 0.2) is 0 Å². The molecule has 0 radical (unpaired) electrons. The SMILES string of the molecule is Cc1ccccc1C(=O)NCCc1nc(-c2ccccc2F)oc1C. The van der Waals surface area contributed by atoms with Gasteiger partial charge in [0.2, 0.25) is 5.89 Å². The van der Waals surface area contributed by atoms with E-state index in [1.54, 1.807) is 31.2 Å². The van der Waals surface area contributed by atoms with Crippen LogP contribution in [-0.2, 0) is 6.42 Å². The highest BCUT2D eigenvalue weighted by Crippen LogP contribution is 2.24. The summed E-state index contributed by atoms with van der Waals surface area (Å²) in [6.45, 7) is 4.12. The van der Waals surface area contributed by atoms with Crippen LogP contribution in [0.2, 0.25) is 0 Å². The molecule has 0 aliphatic carbocycles. The van der Waals surface area contributed by atoms with Crippen molar-refractivity contribution in [1.29, 1.82) is 0 Å². The molecule has 0 aliphatic heterocycles. The number of carbonyl (C=O) groups is 1. The molecule has 3 aromatic rings. The van der Waals surface area contributed by atoms with Gasteiger partial charge in [0.05, 0.1) is 11.3 Å². The van der Waals surface area contributed by atoms with Crippen molar-refractivity contribution in [3.05, 3.63) is 76.9 Å². The van der Waals surface area contributed by atoms with E-state index < -0.39 is 0 Å².